The SMILES string of the molecule is COc1ccc(CNC(=O)C2CN(C)CCO2)c(OC2CCCC2)c1. The monoisotopic (exact) mass is 348 g/mol. The van der Waals surface area contributed by atoms with Gasteiger partial charge in [-0.3, -0.25) is 4.79 Å². The molecule has 2 fully saturated rings. The smallest absolute Gasteiger partial charge is 0.250 e. The van der Waals surface area contributed by atoms with Gasteiger partial charge < -0.3 is 24.4 Å². The second-order valence-electron chi connectivity index (χ2n) is 6.84. The molecule has 25 heavy (non-hydrogen) atoms. The van der Waals surface area contributed by atoms with Gasteiger partial charge in [-0.2, -0.15) is 0 Å². The predicted octanol–water partition coefficient (Wildman–Crippen LogP) is 1.96. The number of carbonyl (C=O) groups is 1. The van der Waals surface area contributed by atoms with Crippen molar-refractivity contribution in [2.45, 2.75) is 44.4 Å². The molecule has 1 saturated heterocycles. The molecular formula is C19H28N2O4. The fraction of sp³-hybridized carbons (Fsp3) is 0.632. The number of nitrogens with zero attached hydrogens (tertiary/aromatic N) is 1. The van der Waals surface area contributed by atoms with Crippen LogP contribution in [0, 0.1) is 0 Å². The van der Waals surface area contributed by atoms with Crippen molar-refractivity contribution in [3.05, 3.63) is 23.8 Å². The van der Waals surface area contributed by atoms with Gasteiger partial charge in [0.2, 0.25) is 0 Å². The first-order valence-corrected chi connectivity index (χ1v) is 9.07. The minimum atomic E-state index is -0.406. The van der Waals surface area contributed by atoms with Gasteiger partial charge in [-0.05, 0) is 44.9 Å². The van der Waals surface area contributed by atoms with E-state index >= 15 is 0 Å². The summed E-state index contributed by atoms with van der Waals surface area (Å²) in [7, 11) is 3.65. The summed E-state index contributed by atoms with van der Waals surface area (Å²) in [5, 5.41) is 2.98. The van der Waals surface area contributed by atoms with E-state index in [4.69, 9.17) is 14.2 Å². The quantitative estimate of drug-likeness (QED) is 0.852. The Morgan fingerprint density at radius 1 is 1.36 bits per heavy atom. The molecule has 1 heterocycles. The van der Waals surface area contributed by atoms with E-state index in [1.165, 1.54) is 12.8 Å². The number of methoxy groups -OCH3 is 1. The van der Waals surface area contributed by atoms with Crippen LogP contribution in [0.15, 0.2) is 18.2 Å². The highest BCUT2D eigenvalue weighted by Gasteiger charge is 2.25. The summed E-state index contributed by atoms with van der Waals surface area (Å²) in [6, 6.07) is 5.76. The minimum Gasteiger partial charge on any atom is -0.497 e. The minimum absolute atomic E-state index is 0.0748. The summed E-state index contributed by atoms with van der Waals surface area (Å²) in [5.41, 5.74) is 0.963. The third-order valence-corrected chi connectivity index (χ3v) is 4.89. The summed E-state index contributed by atoms with van der Waals surface area (Å²) < 4.78 is 17.1. The Kier molecular flexibility index (Phi) is 6.15. The van der Waals surface area contributed by atoms with E-state index in [2.05, 4.69) is 10.2 Å². The van der Waals surface area contributed by atoms with Gasteiger partial charge in [0.1, 0.15) is 17.6 Å². The number of morpholine rings is 1. The Morgan fingerprint density at radius 3 is 2.88 bits per heavy atom. The lowest BCUT2D eigenvalue weighted by Gasteiger charge is -2.29. The van der Waals surface area contributed by atoms with Gasteiger partial charge in [0.15, 0.2) is 0 Å². The van der Waals surface area contributed by atoms with Crippen molar-refractivity contribution in [2.75, 3.05) is 33.9 Å². The topological polar surface area (TPSA) is 60.0 Å². The molecule has 1 unspecified atom stereocenters. The molecular weight excluding hydrogens is 320 g/mol. The lowest BCUT2D eigenvalue weighted by Crippen LogP contribution is -2.48. The van der Waals surface area contributed by atoms with E-state index in [-0.39, 0.29) is 12.0 Å². The first-order chi connectivity index (χ1) is 12.2. The van der Waals surface area contributed by atoms with Crippen LogP contribution in [0.3, 0.4) is 0 Å². The van der Waals surface area contributed by atoms with Crippen LogP contribution < -0.4 is 14.8 Å². The first-order valence-electron chi connectivity index (χ1n) is 9.07. The van der Waals surface area contributed by atoms with Crippen LogP contribution in [-0.2, 0) is 16.1 Å². The van der Waals surface area contributed by atoms with Crippen molar-refractivity contribution in [2.24, 2.45) is 0 Å². The highest BCUT2D eigenvalue weighted by molar-refractivity contribution is 5.81. The molecule has 1 atom stereocenters. The van der Waals surface area contributed by atoms with Crippen molar-refractivity contribution >= 4 is 5.91 Å². The van der Waals surface area contributed by atoms with Gasteiger partial charge in [0, 0.05) is 31.3 Å². The zero-order chi connectivity index (χ0) is 17.6. The molecule has 0 spiro atoms. The molecule has 6 nitrogen and oxygen atoms in total. The molecule has 0 bridgehead atoms. The van der Waals surface area contributed by atoms with Gasteiger partial charge in [0.05, 0.1) is 19.8 Å². The normalized spacial score (nSPS) is 21.9. The number of nitrogens with one attached hydrogen (secondary N) is 1. The average Bonchev–Trinajstić information content (AvgIpc) is 3.13. The Hall–Kier alpha value is -1.79. The van der Waals surface area contributed by atoms with Crippen molar-refractivity contribution in [1.29, 1.82) is 0 Å². The second kappa shape index (κ2) is 8.54. The fourth-order valence-electron chi connectivity index (χ4n) is 3.34. The fourth-order valence-corrected chi connectivity index (χ4v) is 3.34. The van der Waals surface area contributed by atoms with E-state index in [9.17, 15) is 4.79 Å². The van der Waals surface area contributed by atoms with Crippen LogP contribution in [0.1, 0.15) is 31.2 Å². The van der Waals surface area contributed by atoms with E-state index in [1.807, 2.05) is 25.2 Å². The van der Waals surface area contributed by atoms with Crippen LogP contribution in [0.4, 0.5) is 0 Å². The molecule has 0 radical (unpaired) electrons. The van der Waals surface area contributed by atoms with E-state index in [0.717, 1.165) is 36.4 Å². The third kappa shape index (κ3) is 4.86. The lowest BCUT2D eigenvalue weighted by molar-refractivity contribution is -0.138. The molecule has 1 aromatic rings. The first kappa shape index (κ1) is 18.0. The Bertz CT molecular complexity index is 587. The van der Waals surface area contributed by atoms with Crippen LogP contribution in [-0.4, -0.2) is 56.9 Å². The largest absolute Gasteiger partial charge is 0.497 e. The number of ether oxygens (including phenoxy) is 3. The summed E-state index contributed by atoms with van der Waals surface area (Å²) in [5.74, 6) is 1.49. The van der Waals surface area contributed by atoms with Crippen LogP contribution in [0.2, 0.25) is 0 Å². The summed E-state index contributed by atoms with van der Waals surface area (Å²) >= 11 is 0. The second-order valence-corrected chi connectivity index (χ2v) is 6.84. The van der Waals surface area contributed by atoms with E-state index < -0.39 is 6.10 Å². The lowest BCUT2D eigenvalue weighted by atomic mass is 10.1. The number of benzene rings is 1. The molecule has 1 N–H and O–H groups in total. The molecule has 1 amide bonds. The number of amides is 1. The van der Waals surface area contributed by atoms with Crippen LogP contribution >= 0.6 is 0 Å². The van der Waals surface area contributed by atoms with Gasteiger partial charge >= 0.3 is 0 Å². The van der Waals surface area contributed by atoms with Gasteiger partial charge in [0.25, 0.3) is 5.91 Å². The highest BCUT2D eigenvalue weighted by atomic mass is 16.5. The zero-order valence-electron chi connectivity index (χ0n) is 15.1. The van der Waals surface area contributed by atoms with Gasteiger partial charge in [-0.1, -0.05) is 0 Å². The Balaban J connectivity index is 1.63. The standard InChI is InChI=1S/C19H28N2O4/c1-21-9-10-24-18(13-21)19(22)20-12-14-7-8-16(23-2)11-17(14)25-15-5-3-4-6-15/h7-8,11,15,18H,3-6,9-10,12-13H2,1-2H3,(H,20,22). The van der Waals surface area contributed by atoms with Crippen molar-refractivity contribution in [3.63, 3.8) is 0 Å². The zero-order valence-corrected chi connectivity index (χ0v) is 15.1. The van der Waals surface area contributed by atoms with Crippen molar-refractivity contribution in [3.8, 4) is 11.5 Å². The maximum atomic E-state index is 12.4. The van der Waals surface area contributed by atoms with E-state index in [1.54, 1.807) is 7.11 Å². The number of likely N-dealkylation sites (N-methyl/N-ethyl adjacent to an activating group) is 1. The third-order valence-electron chi connectivity index (χ3n) is 4.89. The maximum Gasteiger partial charge on any atom is 0.250 e. The van der Waals surface area contributed by atoms with E-state index in [0.29, 0.717) is 19.7 Å². The number of rotatable bonds is 6. The summed E-state index contributed by atoms with van der Waals surface area (Å²) in [6.45, 7) is 2.50. The van der Waals surface area contributed by atoms with Gasteiger partial charge in [-0.15, -0.1) is 0 Å². The predicted molar refractivity (Wildman–Crippen MR) is 95.0 cm³/mol. The molecule has 3 rings (SSSR count). The molecule has 6 heteroatoms. The molecule has 1 saturated carbocycles. The molecule has 2 aliphatic rings. The molecule has 0 aromatic heterocycles. The van der Waals surface area contributed by atoms with Crippen molar-refractivity contribution in [1.82, 2.24) is 10.2 Å². The highest BCUT2D eigenvalue weighted by Crippen LogP contribution is 2.30. The maximum absolute atomic E-state index is 12.4. The van der Waals surface area contributed by atoms with Crippen LogP contribution in [0.25, 0.3) is 0 Å². The molecule has 1 aliphatic carbocycles. The Labute approximate surface area is 149 Å². The van der Waals surface area contributed by atoms with Crippen molar-refractivity contribution < 1.29 is 19.0 Å². The average molecular weight is 348 g/mol. The molecule has 1 aliphatic heterocycles. The molecule has 138 valence electrons. The molecule has 1 aromatic carbocycles. The van der Waals surface area contributed by atoms with Crippen LogP contribution in [0.5, 0.6) is 11.5 Å². The number of carbonyl (C=O) groups excluding carboxylic acids is 1. The van der Waals surface area contributed by atoms with Gasteiger partial charge in [-0.25, -0.2) is 0 Å². The number of hydrogen-bond acceptors (Lipinski definition) is 5. The summed E-state index contributed by atoms with van der Waals surface area (Å²) in [4.78, 5) is 14.5. The Morgan fingerprint density at radius 2 is 2.16 bits per heavy atom. The number of hydrogen-bond donors (Lipinski definition) is 1. The summed E-state index contributed by atoms with van der Waals surface area (Å²) in [6.07, 6.45) is 4.46.